The maximum atomic E-state index is 14.6. The van der Waals surface area contributed by atoms with Crippen molar-refractivity contribution in [2.24, 2.45) is 12.0 Å². The second-order valence-electron chi connectivity index (χ2n) is 11.1. The summed E-state index contributed by atoms with van der Waals surface area (Å²) in [6.07, 6.45) is 1.45. The first-order valence-corrected chi connectivity index (χ1v) is 13.8. The molecule has 6 rings (SSSR count). The third-order valence-electron chi connectivity index (χ3n) is 7.87. The summed E-state index contributed by atoms with van der Waals surface area (Å²) in [5.41, 5.74) is 2.56. The van der Waals surface area contributed by atoms with Crippen LogP contribution >= 0.6 is 0 Å². The van der Waals surface area contributed by atoms with Crippen molar-refractivity contribution < 1.29 is 23.8 Å². The number of nitrogens with one attached hydrogen (secondary N) is 2. The third kappa shape index (κ3) is 5.18. The monoisotopic (exact) mass is 593 g/mol. The van der Waals surface area contributed by atoms with Gasteiger partial charge in [-0.1, -0.05) is 12.1 Å². The van der Waals surface area contributed by atoms with Crippen LogP contribution in [0.3, 0.4) is 0 Å². The van der Waals surface area contributed by atoms with E-state index >= 15 is 0 Å². The lowest BCUT2D eigenvalue weighted by Gasteiger charge is -2.37. The minimum absolute atomic E-state index is 0.0859. The molecule has 2 aliphatic heterocycles. The number of hydrogen-bond donors (Lipinski definition) is 3. The number of carbonyl (C=O) groups excluding carboxylic acids is 2. The zero-order valence-electron chi connectivity index (χ0n) is 24.1. The molecule has 0 radical (unpaired) electrons. The van der Waals surface area contributed by atoms with E-state index in [9.17, 15) is 19.1 Å². The second kappa shape index (κ2) is 11.0. The van der Waals surface area contributed by atoms with Crippen LogP contribution in [0, 0.1) is 24.1 Å². The molecule has 3 aromatic carbocycles. The SMILES string of the molecule is Cc1cc(NC(=O)[C@@](C)(O)COc2ccc([C@@H]3Nc4cc(F)cc5c4C(=NCC5=O)[C@H]3c3ncnn3C)cc2)ccc1C#N. The molecule has 0 saturated heterocycles. The Hall–Kier alpha value is -5.41. The number of aliphatic hydroxyl groups is 1. The van der Waals surface area contributed by atoms with Gasteiger partial charge in [0.05, 0.1) is 29.3 Å². The number of ketones is 1. The second-order valence-corrected chi connectivity index (χ2v) is 11.1. The fraction of sp³-hybridized carbons (Fsp3) is 0.250. The van der Waals surface area contributed by atoms with Crippen LogP contribution in [-0.2, 0) is 11.8 Å². The van der Waals surface area contributed by atoms with Gasteiger partial charge in [0.15, 0.2) is 11.4 Å². The van der Waals surface area contributed by atoms with Crippen molar-refractivity contribution in [3.63, 3.8) is 0 Å². The predicted molar refractivity (Wildman–Crippen MR) is 159 cm³/mol. The number of aryl methyl sites for hydroxylation is 2. The summed E-state index contributed by atoms with van der Waals surface area (Å²) < 4.78 is 22.0. The molecular formula is C32H28FN7O4. The first-order chi connectivity index (χ1) is 21.1. The maximum absolute atomic E-state index is 14.6. The molecule has 1 amide bonds. The highest BCUT2D eigenvalue weighted by atomic mass is 19.1. The summed E-state index contributed by atoms with van der Waals surface area (Å²) in [4.78, 5) is 34.5. The van der Waals surface area contributed by atoms with E-state index in [-0.39, 0.29) is 24.5 Å². The average Bonchev–Trinajstić information content (AvgIpc) is 3.42. The number of carbonyl (C=O) groups is 2. The van der Waals surface area contributed by atoms with Gasteiger partial charge in [0.1, 0.15) is 36.9 Å². The molecule has 0 fully saturated rings. The molecule has 0 unspecified atom stereocenters. The van der Waals surface area contributed by atoms with Crippen molar-refractivity contribution in [1.82, 2.24) is 14.8 Å². The van der Waals surface area contributed by atoms with Gasteiger partial charge in [-0.3, -0.25) is 19.3 Å². The Bertz CT molecular complexity index is 1870. The number of aromatic nitrogens is 3. The Kier molecular flexibility index (Phi) is 7.18. The molecule has 1 aromatic heterocycles. The number of ether oxygens (including phenoxy) is 1. The van der Waals surface area contributed by atoms with E-state index in [4.69, 9.17) is 10.00 Å². The molecule has 3 atom stereocenters. The first-order valence-electron chi connectivity index (χ1n) is 13.8. The van der Waals surface area contributed by atoms with Gasteiger partial charge in [0, 0.05) is 29.5 Å². The third-order valence-corrected chi connectivity index (χ3v) is 7.87. The zero-order chi connectivity index (χ0) is 31.2. The Morgan fingerprint density at radius 1 is 1.25 bits per heavy atom. The number of nitriles is 1. The first kappa shape index (κ1) is 28.7. The van der Waals surface area contributed by atoms with Crippen molar-refractivity contribution in [3.8, 4) is 11.8 Å². The smallest absolute Gasteiger partial charge is 0.259 e. The molecule has 222 valence electrons. The number of hydrogen-bond acceptors (Lipinski definition) is 9. The molecule has 3 heterocycles. The number of halogens is 1. The number of Topliss-reactive ketones (excluding diaryl/α,β-unsaturated/α-hetero) is 1. The maximum Gasteiger partial charge on any atom is 0.259 e. The minimum Gasteiger partial charge on any atom is -0.490 e. The lowest BCUT2D eigenvalue weighted by Crippen LogP contribution is -2.45. The van der Waals surface area contributed by atoms with E-state index in [2.05, 4.69) is 31.8 Å². The largest absolute Gasteiger partial charge is 0.490 e. The molecule has 2 aliphatic rings. The molecule has 4 aromatic rings. The number of rotatable bonds is 7. The Morgan fingerprint density at radius 2 is 2.02 bits per heavy atom. The number of anilines is 2. The normalized spacial score (nSPS) is 18.3. The summed E-state index contributed by atoms with van der Waals surface area (Å²) >= 11 is 0. The molecule has 0 spiro atoms. The lowest BCUT2D eigenvalue weighted by molar-refractivity contribution is -0.135. The zero-order valence-corrected chi connectivity index (χ0v) is 24.1. The van der Waals surface area contributed by atoms with Crippen molar-refractivity contribution in [2.75, 3.05) is 23.8 Å². The molecule has 0 aliphatic carbocycles. The van der Waals surface area contributed by atoms with Gasteiger partial charge in [-0.25, -0.2) is 9.37 Å². The highest BCUT2D eigenvalue weighted by molar-refractivity contribution is 6.21. The van der Waals surface area contributed by atoms with Gasteiger partial charge >= 0.3 is 0 Å². The van der Waals surface area contributed by atoms with E-state index < -0.39 is 29.3 Å². The minimum atomic E-state index is -1.86. The average molecular weight is 594 g/mol. The summed E-state index contributed by atoms with van der Waals surface area (Å²) in [5, 5.41) is 30.2. The van der Waals surface area contributed by atoms with E-state index in [1.165, 1.54) is 25.4 Å². The van der Waals surface area contributed by atoms with E-state index in [1.54, 1.807) is 49.0 Å². The van der Waals surface area contributed by atoms with Crippen LogP contribution in [-0.4, -0.2) is 56.0 Å². The van der Waals surface area contributed by atoms with E-state index in [0.29, 0.717) is 45.4 Å². The summed E-state index contributed by atoms with van der Waals surface area (Å²) in [6, 6.07) is 16.2. The van der Waals surface area contributed by atoms with Crippen molar-refractivity contribution in [2.45, 2.75) is 31.4 Å². The fourth-order valence-electron chi connectivity index (χ4n) is 5.53. The van der Waals surface area contributed by atoms with Crippen LogP contribution in [0.4, 0.5) is 15.8 Å². The van der Waals surface area contributed by atoms with Crippen LogP contribution in [0.25, 0.3) is 0 Å². The van der Waals surface area contributed by atoms with Crippen LogP contribution in [0.15, 0.2) is 65.9 Å². The summed E-state index contributed by atoms with van der Waals surface area (Å²) in [5.74, 6) is -0.833. The highest BCUT2D eigenvalue weighted by Crippen LogP contribution is 2.45. The molecule has 44 heavy (non-hydrogen) atoms. The Labute approximate surface area is 252 Å². The van der Waals surface area contributed by atoms with E-state index in [1.807, 2.05) is 12.1 Å². The van der Waals surface area contributed by atoms with E-state index in [0.717, 1.165) is 5.56 Å². The fourth-order valence-corrected chi connectivity index (χ4v) is 5.53. The Balaban J connectivity index is 1.22. The standard InChI is InChI=1S/C32H28FN7O4/c1-17-10-21(7-4-19(17)13-34)38-31(42)32(2,43)15-44-22-8-5-18(6-9-22)28-27(30-36-16-37-40(30)3)29-26-23(25(41)14-35-29)11-20(33)12-24(26)39-28/h4-12,16,27-28,39,43H,14-15H2,1-3H3,(H,38,42)/t27-,28-,32-/m0/s1. The Morgan fingerprint density at radius 3 is 2.70 bits per heavy atom. The van der Waals surface area contributed by atoms with Crippen LogP contribution in [0.2, 0.25) is 0 Å². The van der Waals surface area contributed by atoms with Crippen LogP contribution < -0.4 is 15.4 Å². The van der Waals surface area contributed by atoms with Crippen LogP contribution in [0.5, 0.6) is 5.75 Å². The predicted octanol–water partition coefficient (Wildman–Crippen LogP) is 3.84. The number of amides is 1. The molecule has 11 nitrogen and oxygen atoms in total. The van der Waals surface area contributed by atoms with Gasteiger partial charge in [-0.2, -0.15) is 10.4 Å². The van der Waals surface area contributed by atoms with Crippen molar-refractivity contribution >= 4 is 28.8 Å². The molecule has 12 heteroatoms. The highest BCUT2D eigenvalue weighted by Gasteiger charge is 2.42. The molecular weight excluding hydrogens is 565 g/mol. The number of aliphatic imine (C=N–C) groups is 1. The van der Waals surface area contributed by atoms with Gasteiger partial charge in [-0.15, -0.1) is 0 Å². The van der Waals surface area contributed by atoms with Gasteiger partial charge in [0.25, 0.3) is 5.91 Å². The summed E-state index contributed by atoms with van der Waals surface area (Å²) in [7, 11) is 1.77. The van der Waals surface area contributed by atoms with Gasteiger partial charge in [0.2, 0.25) is 0 Å². The lowest BCUT2D eigenvalue weighted by atomic mass is 9.78. The van der Waals surface area contributed by atoms with Gasteiger partial charge < -0.3 is 20.5 Å². The summed E-state index contributed by atoms with van der Waals surface area (Å²) in [6.45, 7) is 2.70. The quantitative estimate of drug-likeness (QED) is 0.292. The number of benzene rings is 3. The molecule has 3 N–H and O–H groups in total. The molecule has 0 saturated carbocycles. The van der Waals surface area contributed by atoms with Gasteiger partial charge in [-0.05, 0) is 67.4 Å². The van der Waals surface area contributed by atoms with Crippen LogP contribution in [0.1, 0.15) is 57.3 Å². The molecule has 0 bridgehead atoms. The van der Waals surface area contributed by atoms with Crippen molar-refractivity contribution in [1.29, 1.82) is 5.26 Å². The topological polar surface area (TPSA) is 155 Å². The van der Waals surface area contributed by atoms with Crippen molar-refractivity contribution in [3.05, 3.63) is 100 Å². The number of nitrogens with zero attached hydrogens (tertiary/aromatic N) is 5.